The van der Waals surface area contributed by atoms with Gasteiger partial charge in [-0.25, -0.2) is 17.2 Å². The van der Waals surface area contributed by atoms with E-state index in [4.69, 9.17) is 0 Å². The molecule has 2 rings (SSSR count). The van der Waals surface area contributed by atoms with E-state index in [0.717, 1.165) is 0 Å². The van der Waals surface area contributed by atoms with E-state index >= 15 is 0 Å². The van der Waals surface area contributed by atoms with Gasteiger partial charge >= 0.3 is 0 Å². The van der Waals surface area contributed by atoms with Gasteiger partial charge in [0.15, 0.2) is 9.84 Å². The Morgan fingerprint density at radius 3 is 2.31 bits per heavy atom. The van der Waals surface area contributed by atoms with Gasteiger partial charge in [0.1, 0.15) is 4.75 Å². The zero-order valence-corrected chi connectivity index (χ0v) is 7.78. The van der Waals surface area contributed by atoms with Gasteiger partial charge in [0.2, 0.25) is 6.43 Å². The molecule has 3 nitrogen and oxygen atoms in total. The minimum atomic E-state index is -3.29. The van der Waals surface area contributed by atoms with Gasteiger partial charge in [-0.15, -0.1) is 0 Å². The molecule has 0 aliphatic carbocycles. The van der Waals surface area contributed by atoms with Crippen molar-refractivity contribution in [1.82, 2.24) is 5.32 Å². The molecule has 1 N–H and O–H groups in total. The molecule has 2 saturated heterocycles. The highest BCUT2D eigenvalue weighted by Crippen LogP contribution is 2.43. The van der Waals surface area contributed by atoms with Crippen molar-refractivity contribution in [2.75, 3.05) is 18.8 Å². The Bertz CT molecular complexity index is 310. The van der Waals surface area contributed by atoms with Gasteiger partial charge in [0, 0.05) is 19.0 Å². The molecular formula is C7H11F2NO2S. The first-order chi connectivity index (χ1) is 6.00. The maximum atomic E-state index is 12.5. The Balaban J connectivity index is 2.35. The molecule has 0 radical (unpaired) electrons. The zero-order chi connectivity index (χ0) is 9.69. The lowest BCUT2D eigenvalue weighted by atomic mass is 9.85. The molecule has 0 aromatic heterocycles. The third-order valence-corrected chi connectivity index (χ3v) is 5.75. The van der Waals surface area contributed by atoms with Gasteiger partial charge in [0.25, 0.3) is 0 Å². The fraction of sp³-hybridized carbons (Fsp3) is 1.00. The number of hydrogen-bond donors (Lipinski definition) is 1. The molecule has 0 aromatic carbocycles. The molecule has 1 spiro atoms. The quantitative estimate of drug-likeness (QED) is 0.665. The fourth-order valence-electron chi connectivity index (χ4n) is 2.19. The van der Waals surface area contributed by atoms with E-state index in [-0.39, 0.29) is 25.3 Å². The third-order valence-electron chi connectivity index (χ3n) is 3.15. The molecule has 1 atom stereocenters. The predicted molar refractivity (Wildman–Crippen MR) is 43.5 cm³/mol. The first-order valence-corrected chi connectivity index (χ1v) is 5.86. The van der Waals surface area contributed by atoms with Gasteiger partial charge in [-0.1, -0.05) is 0 Å². The van der Waals surface area contributed by atoms with Crippen LogP contribution in [0.25, 0.3) is 0 Å². The summed E-state index contributed by atoms with van der Waals surface area (Å²) >= 11 is 0. The van der Waals surface area contributed by atoms with Gasteiger partial charge in [-0.05, 0) is 6.42 Å². The number of nitrogens with one attached hydrogen (secondary N) is 1. The van der Waals surface area contributed by atoms with Crippen LogP contribution in [0.5, 0.6) is 0 Å². The lowest BCUT2D eigenvalue weighted by Gasteiger charge is -2.42. The highest BCUT2D eigenvalue weighted by Gasteiger charge is 2.61. The maximum absolute atomic E-state index is 12.5. The van der Waals surface area contributed by atoms with Crippen LogP contribution in [0, 0.1) is 5.92 Å². The smallest absolute Gasteiger partial charge is 0.243 e. The van der Waals surface area contributed by atoms with Crippen molar-refractivity contribution in [2.24, 2.45) is 5.92 Å². The normalized spacial score (nSPS) is 35.2. The average molecular weight is 211 g/mol. The van der Waals surface area contributed by atoms with Crippen LogP contribution >= 0.6 is 0 Å². The summed E-state index contributed by atoms with van der Waals surface area (Å²) < 4.78 is 46.9. The molecule has 0 saturated carbocycles. The van der Waals surface area contributed by atoms with Crippen LogP contribution in [0.3, 0.4) is 0 Å². The molecular weight excluding hydrogens is 200 g/mol. The van der Waals surface area contributed by atoms with E-state index in [0.29, 0.717) is 0 Å². The summed E-state index contributed by atoms with van der Waals surface area (Å²) in [6.07, 6.45) is -2.40. The highest BCUT2D eigenvalue weighted by molar-refractivity contribution is 7.93. The molecule has 2 aliphatic rings. The molecule has 0 amide bonds. The third kappa shape index (κ3) is 1.05. The Labute approximate surface area is 75.4 Å². The summed E-state index contributed by atoms with van der Waals surface area (Å²) in [5.74, 6) is -1.04. The summed E-state index contributed by atoms with van der Waals surface area (Å²) in [5.41, 5.74) is 0. The molecule has 2 fully saturated rings. The van der Waals surface area contributed by atoms with Crippen LogP contribution in [0.15, 0.2) is 0 Å². The Hall–Kier alpha value is -0.230. The number of alkyl halides is 2. The molecule has 1 unspecified atom stereocenters. The Morgan fingerprint density at radius 1 is 1.38 bits per heavy atom. The van der Waals surface area contributed by atoms with Crippen molar-refractivity contribution in [3.63, 3.8) is 0 Å². The van der Waals surface area contributed by atoms with E-state index in [1.54, 1.807) is 0 Å². The summed E-state index contributed by atoms with van der Waals surface area (Å²) in [7, 11) is -3.29. The van der Waals surface area contributed by atoms with E-state index in [1.165, 1.54) is 0 Å². The van der Waals surface area contributed by atoms with Crippen LogP contribution in [0.4, 0.5) is 8.78 Å². The number of sulfone groups is 1. The monoisotopic (exact) mass is 211 g/mol. The van der Waals surface area contributed by atoms with Crippen molar-refractivity contribution >= 4 is 9.84 Å². The van der Waals surface area contributed by atoms with Gasteiger partial charge < -0.3 is 5.32 Å². The van der Waals surface area contributed by atoms with Crippen LogP contribution in [-0.4, -0.2) is 38.4 Å². The van der Waals surface area contributed by atoms with Crippen LogP contribution in [0.2, 0.25) is 0 Å². The SMILES string of the molecule is O=S1(=O)CCC(C(F)F)C12CNC2. The second-order valence-corrected chi connectivity index (χ2v) is 6.17. The molecule has 2 heterocycles. The van der Waals surface area contributed by atoms with Crippen molar-refractivity contribution in [3.8, 4) is 0 Å². The summed E-state index contributed by atoms with van der Waals surface area (Å²) in [6.45, 7) is 0.397. The fourth-order valence-corrected chi connectivity index (χ4v) is 4.48. The molecule has 2 aliphatic heterocycles. The van der Waals surface area contributed by atoms with E-state index in [1.807, 2.05) is 0 Å². The van der Waals surface area contributed by atoms with E-state index in [9.17, 15) is 17.2 Å². The van der Waals surface area contributed by atoms with Crippen molar-refractivity contribution in [3.05, 3.63) is 0 Å². The highest BCUT2D eigenvalue weighted by atomic mass is 32.2. The van der Waals surface area contributed by atoms with Gasteiger partial charge in [0.05, 0.1) is 5.75 Å². The first kappa shape index (κ1) is 9.33. The van der Waals surface area contributed by atoms with Crippen LogP contribution in [-0.2, 0) is 9.84 Å². The van der Waals surface area contributed by atoms with Gasteiger partial charge in [-0.3, -0.25) is 0 Å². The second kappa shape index (κ2) is 2.63. The van der Waals surface area contributed by atoms with Crippen LogP contribution < -0.4 is 5.32 Å². The largest absolute Gasteiger partial charge is 0.313 e. The Morgan fingerprint density at radius 2 is 2.00 bits per heavy atom. The zero-order valence-electron chi connectivity index (χ0n) is 6.96. The van der Waals surface area contributed by atoms with E-state index in [2.05, 4.69) is 5.32 Å². The van der Waals surface area contributed by atoms with Crippen molar-refractivity contribution in [1.29, 1.82) is 0 Å². The second-order valence-electron chi connectivity index (χ2n) is 3.72. The average Bonchev–Trinajstić information content (AvgIpc) is 2.19. The molecule has 76 valence electrons. The number of halogens is 2. The van der Waals surface area contributed by atoms with Gasteiger partial charge in [-0.2, -0.15) is 0 Å². The maximum Gasteiger partial charge on any atom is 0.243 e. The van der Waals surface area contributed by atoms with Crippen molar-refractivity contribution in [2.45, 2.75) is 17.6 Å². The molecule has 6 heteroatoms. The standard InChI is InChI=1S/C7H11F2NO2S/c8-6(9)5-1-2-13(11,12)7(5)3-10-4-7/h5-6,10H,1-4H2. The molecule has 13 heavy (non-hydrogen) atoms. The van der Waals surface area contributed by atoms with Crippen LogP contribution in [0.1, 0.15) is 6.42 Å². The summed E-state index contributed by atoms with van der Waals surface area (Å²) in [6, 6.07) is 0. The summed E-state index contributed by atoms with van der Waals surface area (Å²) in [5, 5.41) is 2.77. The predicted octanol–water partition coefficient (Wildman–Crippen LogP) is 0.0282. The van der Waals surface area contributed by atoms with Crippen molar-refractivity contribution < 1.29 is 17.2 Å². The minimum absolute atomic E-state index is 0.0797. The topological polar surface area (TPSA) is 46.2 Å². The summed E-state index contributed by atoms with van der Waals surface area (Å²) in [4.78, 5) is 0. The lowest BCUT2D eigenvalue weighted by Crippen LogP contribution is -2.66. The Kier molecular flexibility index (Phi) is 1.89. The molecule has 0 bridgehead atoms. The van der Waals surface area contributed by atoms with E-state index < -0.39 is 26.9 Å². The number of rotatable bonds is 1. The first-order valence-electron chi connectivity index (χ1n) is 4.21. The molecule has 0 aromatic rings. The number of hydrogen-bond acceptors (Lipinski definition) is 3. The minimum Gasteiger partial charge on any atom is -0.313 e. The lowest BCUT2D eigenvalue weighted by molar-refractivity contribution is 0.0429.